The van der Waals surface area contributed by atoms with Crippen LogP contribution in [-0.4, -0.2) is 50.2 Å². The van der Waals surface area contributed by atoms with Crippen molar-refractivity contribution in [2.24, 2.45) is 17.8 Å². The highest BCUT2D eigenvalue weighted by atomic mass is 16.6. The van der Waals surface area contributed by atoms with E-state index in [1.54, 1.807) is 23.1 Å². The van der Waals surface area contributed by atoms with Gasteiger partial charge in [0, 0.05) is 30.8 Å². The molecule has 1 aliphatic carbocycles. The Morgan fingerprint density at radius 1 is 1.16 bits per heavy atom. The Balaban J connectivity index is 1.29. The van der Waals surface area contributed by atoms with Gasteiger partial charge in [-0.25, -0.2) is 0 Å². The number of ether oxygens (including phenoxy) is 3. The number of benzene rings is 1. The number of carbonyl (C=O) groups is 3. The predicted molar refractivity (Wildman–Crippen MR) is 113 cm³/mol. The van der Waals surface area contributed by atoms with Gasteiger partial charge in [-0.15, -0.1) is 0 Å². The van der Waals surface area contributed by atoms with Crippen molar-refractivity contribution in [2.45, 2.75) is 45.6 Å². The third-order valence-corrected chi connectivity index (χ3v) is 6.69. The van der Waals surface area contributed by atoms with Gasteiger partial charge in [0.25, 0.3) is 5.91 Å². The molecule has 4 rings (SSSR count). The molecule has 0 bridgehead atoms. The fourth-order valence-electron chi connectivity index (χ4n) is 4.60. The second-order valence-electron chi connectivity index (χ2n) is 8.78. The van der Waals surface area contributed by atoms with Crippen molar-refractivity contribution in [3.8, 4) is 11.5 Å². The molecule has 8 heteroatoms. The highest BCUT2D eigenvalue weighted by Gasteiger charge is 2.37. The Hall–Kier alpha value is -2.77. The molecule has 4 atom stereocenters. The molecule has 1 N–H and O–H groups in total. The van der Waals surface area contributed by atoms with Crippen molar-refractivity contribution in [1.29, 1.82) is 0 Å². The SMILES string of the molecule is C[C@@H]1[C@H](C)CCC[C@H]1NC(=O)COC(=O)[C@@H]1CC(=O)N(c2ccc3c(c2)OCCO3)C1. The number of esters is 1. The lowest BCUT2D eigenvalue weighted by Crippen LogP contribution is -2.45. The van der Waals surface area contributed by atoms with E-state index in [9.17, 15) is 14.4 Å². The van der Waals surface area contributed by atoms with Crippen LogP contribution in [0, 0.1) is 17.8 Å². The van der Waals surface area contributed by atoms with E-state index >= 15 is 0 Å². The Bertz CT molecular complexity index is 856. The summed E-state index contributed by atoms with van der Waals surface area (Å²) in [6.07, 6.45) is 3.28. The van der Waals surface area contributed by atoms with Crippen molar-refractivity contribution in [3.63, 3.8) is 0 Å². The number of anilines is 1. The minimum Gasteiger partial charge on any atom is -0.486 e. The highest BCUT2D eigenvalue weighted by molar-refractivity contribution is 5.99. The maximum Gasteiger partial charge on any atom is 0.311 e. The minimum absolute atomic E-state index is 0.0616. The number of rotatable bonds is 5. The molecule has 2 amide bonds. The number of nitrogens with zero attached hydrogens (tertiary/aromatic N) is 1. The molecule has 0 radical (unpaired) electrons. The van der Waals surface area contributed by atoms with Gasteiger partial charge in [0.15, 0.2) is 18.1 Å². The van der Waals surface area contributed by atoms with E-state index in [0.717, 1.165) is 12.8 Å². The molecule has 1 aromatic carbocycles. The van der Waals surface area contributed by atoms with Crippen molar-refractivity contribution in [1.82, 2.24) is 5.32 Å². The molecule has 2 fully saturated rings. The standard InChI is InChI=1S/C23H30N2O6/c1-14-4-3-5-18(15(14)2)24-21(26)13-31-23(28)16-10-22(27)25(12-16)17-6-7-19-20(11-17)30-9-8-29-19/h6-7,11,14-16,18H,3-5,8-10,12-13H2,1-2H3,(H,24,26)/t14-,15-,16-,18-/m1/s1. The molecular formula is C23H30N2O6. The van der Waals surface area contributed by atoms with E-state index in [1.807, 2.05) is 0 Å². The number of carbonyl (C=O) groups excluding carboxylic acids is 3. The first-order valence-electron chi connectivity index (χ1n) is 11.1. The van der Waals surface area contributed by atoms with Crippen molar-refractivity contribution in [2.75, 3.05) is 31.3 Å². The summed E-state index contributed by atoms with van der Waals surface area (Å²) in [7, 11) is 0. The fourth-order valence-corrected chi connectivity index (χ4v) is 4.60. The third-order valence-electron chi connectivity index (χ3n) is 6.69. The number of amides is 2. The topological polar surface area (TPSA) is 94.2 Å². The van der Waals surface area contributed by atoms with Crippen molar-refractivity contribution in [3.05, 3.63) is 18.2 Å². The average molecular weight is 431 g/mol. The van der Waals surface area contributed by atoms with Crippen LogP contribution < -0.4 is 19.7 Å². The molecule has 1 saturated heterocycles. The first-order valence-corrected chi connectivity index (χ1v) is 11.1. The van der Waals surface area contributed by atoms with Crippen molar-refractivity contribution >= 4 is 23.5 Å². The van der Waals surface area contributed by atoms with E-state index < -0.39 is 11.9 Å². The van der Waals surface area contributed by atoms with Gasteiger partial charge in [-0.1, -0.05) is 26.7 Å². The van der Waals surface area contributed by atoms with Gasteiger partial charge in [-0.3, -0.25) is 14.4 Å². The van der Waals surface area contributed by atoms with Crippen LogP contribution in [0.4, 0.5) is 5.69 Å². The summed E-state index contributed by atoms with van der Waals surface area (Å²) in [5.41, 5.74) is 0.655. The molecular weight excluding hydrogens is 400 g/mol. The Morgan fingerprint density at radius 2 is 1.94 bits per heavy atom. The summed E-state index contributed by atoms with van der Waals surface area (Å²) in [6, 6.07) is 5.41. The zero-order valence-corrected chi connectivity index (χ0v) is 18.1. The predicted octanol–water partition coefficient (Wildman–Crippen LogP) is 2.29. The van der Waals surface area contributed by atoms with Gasteiger partial charge >= 0.3 is 5.97 Å². The number of hydrogen-bond donors (Lipinski definition) is 1. The second kappa shape index (κ2) is 9.16. The molecule has 1 saturated carbocycles. The average Bonchev–Trinajstić information content (AvgIpc) is 3.16. The molecule has 0 unspecified atom stereocenters. The summed E-state index contributed by atoms with van der Waals surface area (Å²) in [5.74, 6) is 0.644. The molecule has 168 valence electrons. The molecule has 31 heavy (non-hydrogen) atoms. The molecule has 8 nitrogen and oxygen atoms in total. The zero-order chi connectivity index (χ0) is 22.0. The maximum absolute atomic E-state index is 12.5. The van der Waals surface area contributed by atoms with Crippen LogP contribution in [0.15, 0.2) is 18.2 Å². The van der Waals surface area contributed by atoms with Gasteiger partial charge in [-0.2, -0.15) is 0 Å². The van der Waals surface area contributed by atoms with Gasteiger partial charge in [0.2, 0.25) is 5.91 Å². The summed E-state index contributed by atoms with van der Waals surface area (Å²) in [6.45, 7) is 5.21. The Morgan fingerprint density at radius 3 is 2.74 bits per heavy atom. The van der Waals surface area contributed by atoms with Gasteiger partial charge in [0.05, 0.1) is 5.92 Å². The van der Waals surface area contributed by atoms with Crippen LogP contribution >= 0.6 is 0 Å². The molecule has 3 aliphatic rings. The lowest BCUT2D eigenvalue weighted by atomic mass is 9.78. The van der Waals surface area contributed by atoms with Gasteiger partial charge in [-0.05, 0) is 30.4 Å². The molecule has 1 aromatic rings. The van der Waals surface area contributed by atoms with Crippen molar-refractivity contribution < 1.29 is 28.6 Å². The summed E-state index contributed by atoms with van der Waals surface area (Å²) in [4.78, 5) is 38.8. The largest absolute Gasteiger partial charge is 0.486 e. The second-order valence-corrected chi connectivity index (χ2v) is 8.78. The summed E-state index contributed by atoms with van der Waals surface area (Å²) in [5, 5.41) is 3.00. The van der Waals surface area contributed by atoms with Crippen LogP contribution in [0.3, 0.4) is 0 Å². The third kappa shape index (κ3) is 4.78. The first-order chi connectivity index (χ1) is 14.9. The highest BCUT2D eigenvalue weighted by Crippen LogP contribution is 2.36. The lowest BCUT2D eigenvalue weighted by Gasteiger charge is -2.34. The fraction of sp³-hybridized carbons (Fsp3) is 0.609. The number of nitrogens with one attached hydrogen (secondary N) is 1. The number of hydrogen-bond acceptors (Lipinski definition) is 6. The summed E-state index contributed by atoms with van der Waals surface area (Å²) < 4.78 is 16.3. The smallest absolute Gasteiger partial charge is 0.311 e. The summed E-state index contributed by atoms with van der Waals surface area (Å²) >= 11 is 0. The number of fused-ring (bicyclic) bond motifs is 1. The quantitative estimate of drug-likeness (QED) is 0.721. The molecule has 0 aromatic heterocycles. The molecule has 0 spiro atoms. The molecule has 2 heterocycles. The van der Waals surface area contributed by atoms with Crippen LogP contribution in [0.1, 0.15) is 39.5 Å². The minimum atomic E-state index is -0.595. The Kier molecular flexibility index (Phi) is 6.34. The van der Waals surface area contributed by atoms with E-state index in [1.165, 1.54) is 6.42 Å². The lowest BCUT2D eigenvalue weighted by molar-refractivity contribution is -0.152. The van der Waals surface area contributed by atoms with Crippen LogP contribution in [-0.2, 0) is 19.1 Å². The van der Waals surface area contributed by atoms with E-state index in [-0.39, 0.29) is 37.4 Å². The van der Waals surface area contributed by atoms with E-state index in [2.05, 4.69) is 19.2 Å². The normalized spacial score (nSPS) is 27.7. The van der Waals surface area contributed by atoms with Crippen LogP contribution in [0.25, 0.3) is 0 Å². The van der Waals surface area contributed by atoms with Gasteiger partial charge in [0.1, 0.15) is 13.2 Å². The Labute approximate surface area is 182 Å². The zero-order valence-electron chi connectivity index (χ0n) is 18.1. The monoisotopic (exact) mass is 430 g/mol. The van der Waals surface area contributed by atoms with Crippen LogP contribution in [0.5, 0.6) is 11.5 Å². The van der Waals surface area contributed by atoms with E-state index in [4.69, 9.17) is 14.2 Å². The molecule has 2 aliphatic heterocycles. The van der Waals surface area contributed by atoms with Gasteiger partial charge < -0.3 is 24.4 Å². The van der Waals surface area contributed by atoms with E-state index in [0.29, 0.717) is 42.2 Å². The van der Waals surface area contributed by atoms with Crippen LogP contribution in [0.2, 0.25) is 0 Å². The first kappa shape index (κ1) is 21.5. The maximum atomic E-state index is 12.5.